The van der Waals surface area contributed by atoms with Crippen molar-refractivity contribution in [2.45, 2.75) is 44.9 Å². The lowest BCUT2D eigenvalue weighted by Crippen LogP contribution is -2.22. The molecule has 1 aliphatic carbocycles. The van der Waals surface area contributed by atoms with Crippen LogP contribution in [0.15, 0.2) is 12.1 Å². The Bertz CT molecular complexity index is 746. The molecule has 0 aromatic carbocycles. The molecule has 1 aliphatic rings. The van der Waals surface area contributed by atoms with Crippen LogP contribution in [-0.2, 0) is 6.18 Å². The Kier molecular flexibility index (Phi) is 4.68. The van der Waals surface area contributed by atoms with Crippen LogP contribution in [0.2, 0.25) is 0 Å². The van der Waals surface area contributed by atoms with Crippen LogP contribution in [0.4, 0.5) is 19.0 Å². The maximum atomic E-state index is 12.9. The minimum atomic E-state index is -4.41. The predicted octanol–water partition coefficient (Wildman–Crippen LogP) is 2.80. The lowest BCUT2D eigenvalue weighted by Gasteiger charge is -2.16. The molecule has 3 atom stereocenters. The summed E-state index contributed by atoms with van der Waals surface area (Å²) in [6.45, 7) is 3.67. The summed E-state index contributed by atoms with van der Waals surface area (Å²) in [6, 6.07) is 2.00. The maximum Gasteiger partial charge on any atom is 0.416 e. The summed E-state index contributed by atoms with van der Waals surface area (Å²) in [4.78, 5) is 8.39. The van der Waals surface area contributed by atoms with Crippen LogP contribution in [0, 0.1) is 19.8 Å². The normalized spacial score (nSPS) is 23.8. The van der Waals surface area contributed by atoms with Crippen LogP contribution < -0.4 is 5.32 Å². The number of hydrogen-bond acceptors (Lipinski definition) is 5. The van der Waals surface area contributed by atoms with E-state index in [1.807, 2.05) is 6.92 Å². The molecule has 0 unspecified atom stereocenters. The molecule has 3 rings (SSSR count). The van der Waals surface area contributed by atoms with Gasteiger partial charge in [-0.3, -0.25) is 5.10 Å². The molecule has 3 N–H and O–H groups in total. The monoisotopic (exact) mass is 355 g/mol. The number of nitrogens with one attached hydrogen (secondary N) is 2. The van der Waals surface area contributed by atoms with E-state index in [2.05, 4.69) is 25.5 Å². The van der Waals surface area contributed by atoms with Gasteiger partial charge in [0.05, 0.1) is 11.7 Å². The van der Waals surface area contributed by atoms with E-state index in [-0.39, 0.29) is 17.7 Å². The second-order valence-electron chi connectivity index (χ2n) is 6.54. The molecule has 1 fully saturated rings. The highest BCUT2D eigenvalue weighted by molar-refractivity contribution is 5.40. The number of pyridine rings is 1. The van der Waals surface area contributed by atoms with Crippen molar-refractivity contribution in [1.29, 1.82) is 0 Å². The van der Waals surface area contributed by atoms with Crippen LogP contribution in [-0.4, -0.2) is 37.9 Å². The van der Waals surface area contributed by atoms with E-state index < -0.39 is 17.8 Å². The molecule has 6 nitrogen and oxygen atoms in total. The number of rotatable bonds is 4. The SMILES string of the molecule is Cc1cc(C(F)(F)F)cc(NC[C@H]2C[C@H](c3n[nH]c(C)n3)C[C@H]2O)n1. The number of aliphatic hydroxyl groups excluding tert-OH is 1. The summed E-state index contributed by atoms with van der Waals surface area (Å²) in [5, 5.41) is 20.1. The van der Waals surface area contributed by atoms with Gasteiger partial charge in [-0.15, -0.1) is 0 Å². The van der Waals surface area contributed by atoms with E-state index in [1.54, 1.807) is 0 Å². The molecule has 25 heavy (non-hydrogen) atoms. The van der Waals surface area contributed by atoms with Gasteiger partial charge in [0.15, 0.2) is 5.82 Å². The lowest BCUT2D eigenvalue weighted by molar-refractivity contribution is -0.137. The number of aromatic nitrogens is 4. The summed E-state index contributed by atoms with van der Waals surface area (Å²) in [5.74, 6) is 1.50. The third kappa shape index (κ3) is 4.09. The molecule has 0 saturated heterocycles. The summed E-state index contributed by atoms with van der Waals surface area (Å²) in [5.41, 5.74) is -0.443. The third-order valence-electron chi connectivity index (χ3n) is 4.46. The average Bonchev–Trinajstić information content (AvgIpc) is 3.10. The highest BCUT2D eigenvalue weighted by Crippen LogP contribution is 2.37. The molecule has 0 spiro atoms. The summed E-state index contributed by atoms with van der Waals surface area (Å²) in [7, 11) is 0. The molecule has 136 valence electrons. The van der Waals surface area contributed by atoms with Gasteiger partial charge in [0.25, 0.3) is 0 Å². The molecule has 0 aliphatic heterocycles. The van der Waals surface area contributed by atoms with Crippen molar-refractivity contribution in [3.8, 4) is 0 Å². The van der Waals surface area contributed by atoms with Crippen molar-refractivity contribution in [2.75, 3.05) is 11.9 Å². The molecule has 9 heteroatoms. The molecule has 0 bridgehead atoms. The van der Waals surface area contributed by atoms with Crippen molar-refractivity contribution >= 4 is 5.82 Å². The van der Waals surface area contributed by atoms with Gasteiger partial charge in [0.2, 0.25) is 0 Å². The first-order valence-corrected chi connectivity index (χ1v) is 8.09. The molecule has 2 aromatic heterocycles. The summed E-state index contributed by atoms with van der Waals surface area (Å²) >= 11 is 0. The molecule has 0 radical (unpaired) electrons. The van der Waals surface area contributed by atoms with Crippen LogP contribution in [0.3, 0.4) is 0 Å². The number of anilines is 1. The number of halogens is 3. The van der Waals surface area contributed by atoms with Crippen molar-refractivity contribution in [3.63, 3.8) is 0 Å². The van der Waals surface area contributed by atoms with Gasteiger partial charge < -0.3 is 10.4 Å². The van der Waals surface area contributed by atoms with Gasteiger partial charge in [0.1, 0.15) is 11.6 Å². The number of aromatic amines is 1. The molecular formula is C16H20F3N5O. The number of hydrogen-bond donors (Lipinski definition) is 3. The van der Waals surface area contributed by atoms with Crippen LogP contribution in [0.5, 0.6) is 0 Å². The molecule has 2 heterocycles. The van der Waals surface area contributed by atoms with E-state index in [9.17, 15) is 18.3 Å². The standard InChI is InChI=1S/C16H20F3N5O/c1-8-3-12(16(17,18)19)6-14(21-8)20-7-11-4-10(5-13(11)25)15-22-9(2)23-24-15/h3,6,10-11,13,25H,4-5,7H2,1-2H3,(H,20,21)(H,22,23,24)/t10-,11+,13+/m0/s1. The number of alkyl halides is 3. The first-order valence-electron chi connectivity index (χ1n) is 8.09. The maximum absolute atomic E-state index is 12.9. The Balaban J connectivity index is 1.65. The molecule has 0 amide bonds. The van der Waals surface area contributed by atoms with Gasteiger partial charge in [-0.1, -0.05) is 0 Å². The largest absolute Gasteiger partial charge is 0.416 e. The number of H-pyrrole nitrogens is 1. The zero-order valence-corrected chi connectivity index (χ0v) is 13.9. The van der Waals surface area contributed by atoms with Crippen molar-refractivity contribution in [2.24, 2.45) is 5.92 Å². The van der Waals surface area contributed by atoms with Gasteiger partial charge in [0, 0.05) is 24.1 Å². The Labute approximate surface area is 142 Å². The number of aliphatic hydroxyl groups is 1. The molecule has 1 saturated carbocycles. The molecule has 2 aromatic rings. The lowest BCUT2D eigenvalue weighted by atomic mass is 10.0. The van der Waals surface area contributed by atoms with E-state index in [1.165, 1.54) is 6.92 Å². The predicted molar refractivity (Wildman–Crippen MR) is 85.1 cm³/mol. The van der Waals surface area contributed by atoms with Crippen molar-refractivity contribution in [3.05, 3.63) is 35.0 Å². The van der Waals surface area contributed by atoms with E-state index >= 15 is 0 Å². The van der Waals surface area contributed by atoms with Gasteiger partial charge in [-0.25, -0.2) is 9.97 Å². The zero-order valence-electron chi connectivity index (χ0n) is 13.9. The third-order valence-corrected chi connectivity index (χ3v) is 4.46. The van der Waals surface area contributed by atoms with Crippen molar-refractivity contribution in [1.82, 2.24) is 20.2 Å². The van der Waals surface area contributed by atoms with Gasteiger partial charge in [-0.05, 0) is 38.8 Å². The van der Waals surface area contributed by atoms with Gasteiger partial charge >= 0.3 is 6.18 Å². The van der Waals surface area contributed by atoms with Crippen molar-refractivity contribution < 1.29 is 18.3 Å². The Morgan fingerprint density at radius 2 is 2.00 bits per heavy atom. The highest BCUT2D eigenvalue weighted by atomic mass is 19.4. The zero-order chi connectivity index (χ0) is 18.2. The second-order valence-corrected chi connectivity index (χ2v) is 6.54. The van der Waals surface area contributed by atoms with Crippen LogP contribution >= 0.6 is 0 Å². The second kappa shape index (κ2) is 6.62. The first kappa shape index (κ1) is 17.7. The smallest absolute Gasteiger partial charge is 0.393 e. The van der Waals surface area contributed by atoms with E-state index in [4.69, 9.17) is 0 Å². The number of aryl methyl sites for hydroxylation is 2. The summed E-state index contributed by atoms with van der Waals surface area (Å²) in [6.07, 6.45) is -3.75. The first-order chi connectivity index (χ1) is 11.7. The Morgan fingerprint density at radius 1 is 1.24 bits per heavy atom. The topological polar surface area (TPSA) is 86.7 Å². The Hall–Kier alpha value is -2.16. The minimum Gasteiger partial charge on any atom is -0.393 e. The number of nitrogens with zero attached hydrogens (tertiary/aromatic N) is 3. The highest BCUT2D eigenvalue weighted by Gasteiger charge is 2.36. The quantitative estimate of drug-likeness (QED) is 0.785. The van der Waals surface area contributed by atoms with Gasteiger partial charge in [-0.2, -0.15) is 18.3 Å². The van der Waals surface area contributed by atoms with Crippen LogP contribution in [0.25, 0.3) is 0 Å². The van der Waals surface area contributed by atoms with E-state index in [0.29, 0.717) is 30.9 Å². The van der Waals surface area contributed by atoms with Crippen LogP contribution in [0.1, 0.15) is 41.7 Å². The fourth-order valence-electron chi connectivity index (χ4n) is 3.23. The average molecular weight is 355 g/mol. The Morgan fingerprint density at radius 3 is 2.64 bits per heavy atom. The minimum absolute atomic E-state index is 0.0444. The van der Waals surface area contributed by atoms with E-state index in [0.717, 1.165) is 18.0 Å². The summed E-state index contributed by atoms with van der Waals surface area (Å²) < 4.78 is 38.6. The fourth-order valence-corrected chi connectivity index (χ4v) is 3.23. The fraction of sp³-hybridized carbons (Fsp3) is 0.562. The molecular weight excluding hydrogens is 335 g/mol.